The molecule has 1 rings (SSSR count). The zero-order valence-electron chi connectivity index (χ0n) is 4.03. The predicted octanol–water partition coefficient (Wildman–Crippen LogP) is 1.98. The number of rotatable bonds is 1. The van der Waals surface area contributed by atoms with Crippen LogP contribution < -0.4 is 0 Å². The van der Waals surface area contributed by atoms with Gasteiger partial charge in [0.15, 0.2) is 0 Å². The number of carbonyl (C=O) groups is 1. The Balaban J connectivity index is 2.50. The van der Waals surface area contributed by atoms with E-state index in [0.717, 1.165) is 10.5 Å². The maximum atomic E-state index is 9.83. The average Bonchev–Trinajstić information content (AvgIpc) is 2.19. The van der Waals surface area contributed by atoms with E-state index in [9.17, 15) is 4.79 Å². The molecule has 1 aliphatic heterocycles. The molecule has 0 N–H and O–H groups in total. The summed E-state index contributed by atoms with van der Waals surface area (Å²) in [5.74, 6) is 0. The number of allylic oxidation sites excluding steroid dienone is 1. The minimum absolute atomic E-state index is 0.808. The number of hydrogen-bond donors (Lipinski definition) is 0. The molecule has 0 aromatic carbocycles. The summed E-state index contributed by atoms with van der Waals surface area (Å²) in [5.41, 5.74) is 0. The molecule has 0 saturated heterocycles. The molecule has 8 heavy (non-hydrogen) atoms. The first-order valence-electron chi connectivity index (χ1n) is 2.07. The van der Waals surface area contributed by atoms with Crippen LogP contribution in [0.2, 0.25) is 0 Å². The van der Waals surface area contributed by atoms with Gasteiger partial charge in [0, 0.05) is 0 Å². The minimum Gasteiger partial charge on any atom is -0.298 e. The molecule has 3 heteroatoms. The van der Waals surface area contributed by atoms with Crippen molar-refractivity contribution in [2.75, 3.05) is 0 Å². The summed E-state index contributed by atoms with van der Waals surface area (Å²) in [5, 5.41) is 3.92. The Morgan fingerprint density at radius 1 is 1.38 bits per heavy atom. The molecule has 0 radical (unpaired) electrons. The van der Waals surface area contributed by atoms with Crippen molar-refractivity contribution in [3.05, 3.63) is 21.1 Å². The highest BCUT2D eigenvalue weighted by molar-refractivity contribution is 8.27. The molecule has 1 aliphatic rings. The van der Waals surface area contributed by atoms with Gasteiger partial charge >= 0.3 is 0 Å². The quantitative estimate of drug-likeness (QED) is 0.414. The predicted molar refractivity (Wildman–Crippen MR) is 38.5 cm³/mol. The zero-order valence-corrected chi connectivity index (χ0v) is 5.67. The highest BCUT2D eigenvalue weighted by atomic mass is 32.2. The van der Waals surface area contributed by atoms with Crippen LogP contribution in [0.5, 0.6) is 0 Å². The molecule has 0 saturated carbocycles. The fraction of sp³-hybridized carbons (Fsp3) is 0. The largest absolute Gasteiger partial charge is 0.298 e. The molecule has 42 valence electrons. The van der Waals surface area contributed by atoms with Crippen molar-refractivity contribution in [2.45, 2.75) is 0 Å². The van der Waals surface area contributed by atoms with Gasteiger partial charge in [0.25, 0.3) is 0 Å². The van der Waals surface area contributed by atoms with Gasteiger partial charge in [-0.2, -0.15) is 0 Å². The van der Waals surface area contributed by atoms with Gasteiger partial charge in [0.1, 0.15) is 6.29 Å². The second kappa shape index (κ2) is 2.99. The smallest absolute Gasteiger partial charge is 0.144 e. The second-order valence-corrected chi connectivity index (χ2v) is 3.28. The normalized spacial score (nSPS) is 16.8. The molecule has 0 aromatic heterocycles. The maximum absolute atomic E-state index is 9.83. The molecule has 1 heterocycles. The molecule has 0 spiro atoms. The maximum Gasteiger partial charge on any atom is 0.144 e. The fourth-order valence-electron chi connectivity index (χ4n) is 0.352. The highest BCUT2D eigenvalue weighted by Gasteiger charge is 1.98. The molecule has 0 amide bonds. The Labute approximate surface area is 56.2 Å². The van der Waals surface area contributed by atoms with Crippen LogP contribution in [0.15, 0.2) is 21.1 Å². The number of aldehydes is 1. The van der Waals surface area contributed by atoms with E-state index in [1.807, 2.05) is 10.8 Å². The molecule has 0 unspecified atom stereocenters. The summed E-state index contributed by atoms with van der Waals surface area (Å²) in [6, 6.07) is 0. The summed E-state index contributed by atoms with van der Waals surface area (Å²) in [6.45, 7) is 0. The monoisotopic (exact) mass is 144 g/mol. The summed E-state index contributed by atoms with van der Waals surface area (Å²) in [7, 11) is 0. The van der Waals surface area contributed by atoms with E-state index in [4.69, 9.17) is 0 Å². The molecular weight excluding hydrogens is 140 g/mol. The Morgan fingerprint density at radius 3 is 2.50 bits per heavy atom. The summed E-state index contributed by atoms with van der Waals surface area (Å²) >= 11 is 3.16. The minimum atomic E-state index is 0.808. The Hall–Kier alpha value is -0.150. The lowest BCUT2D eigenvalue weighted by molar-refractivity contribution is -0.104. The van der Waals surface area contributed by atoms with Crippen molar-refractivity contribution in [3.8, 4) is 0 Å². The molecule has 0 bridgehead atoms. The van der Waals surface area contributed by atoms with Crippen LogP contribution in [0.4, 0.5) is 0 Å². The van der Waals surface area contributed by atoms with Crippen molar-refractivity contribution < 1.29 is 4.79 Å². The van der Waals surface area contributed by atoms with Crippen LogP contribution >= 0.6 is 23.5 Å². The lowest BCUT2D eigenvalue weighted by atomic mass is 10.7. The number of thioether (sulfide) groups is 2. The van der Waals surface area contributed by atoms with Crippen LogP contribution in [0.25, 0.3) is 0 Å². The van der Waals surface area contributed by atoms with Gasteiger partial charge < -0.3 is 0 Å². The summed E-state index contributed by atoms with van der Waals surface area (Å²) < 4.78 is 1.06. The average molecular weight is 144 g/mol. The van der Waals surface area contributed by atoms with E-state index in [2.05, 4.69) is 0 Å². The van der Waals surface area contributed by atoms with Crippen LogP contribution in [-0.2, 0) is 4.79 Å². The van der Waals surface area contributed by atoms with E-state index < -0.39 is 0 Å². The first-order valence-corrected chi connectivity index (χ1v) is 3.83. The Morgan fingerprint density at radius 2 is 2.00 bits per heavy atom. The lowest BCUT2D eigenvalue weighted by Crippen LogP contribution is -1.60. The fourth-order valence-corrected chi connectivity index (χ4v) is 1.89. The summed E-state index contributed by atoms with van der Waals surface area (Å²) in [6.07, 6.45) is 2.37. The first kappa shape index (κ1) is 5.98. The van der Waals surface area contributed by atoms with Crippen molar-refractivity contribution >= 4 is 29.8 Å². The molecule has 0 atom stereocenters. The molecule has 0 aliphatic carbocycles. The van der Waals surface area contributed by atoms with Gasteiger partial charge in [0.05, 0.1) is 4.24 Å². The third-order valence-electron chi connectivity index (χ3n) is 0.628. The SMILES string of the molecule is O=CC=C1SC=CS1. The standard InChI is InChI=1S/C5H4OS2/c6-2-1-5-7-3-4-8-5/h1-4H. The lowest BCUT2D eigenvalue weighted by Gasteiger charge is -1.84. The Kier molecular flexibility index (Phi) is 2.24. The van der Waals surface area contributed by atoms with Gasteiger partial charge in [-0.1, -0.05) is 23.5 Å². The van der Waals surface area contributed by atoms with Gasteiger partial charge in [0.2, 0.25) is 0 Å². The molecule has 0 fully saturated rings. The van der Waals surface area contributed by atoms with E-state index in [0.29, 0.717) is 0 Å². The van der Waals surface area contributed by atoms with Gasteiger partial charge in [-0.25, -0.2) is 0 Å². The highest BCUT2D eigenvalue weighted by Crippen LogP contribution is 2.36. The van der Waals surface area contributed by atoms with Crippen molar-refractivity contribution in [3.63, 3.8) is 0 Å². The molecule has 1 nitrogen and oxygen atoms in total. The Bertz CT molecular complexity index is 139. The third kappa shape index (κ3) is 1.42. The summed E-state index contributed by atoms with van der Waals surface area (Å²) in [4.78, 5) is 9.83. The van der Waals surface area contributed by atoms with Gasteiger partial charge in [-0.3, -0.25) is 4.79 Å². The van der Waals surface area contributed by atoms with Crippen LogP contribution in [0.1, 0.15) is 0 Å². The number of carbonyl (C=O) groups excluding carboxylic acids is 1. The van der Waals surface area contributed by atoms with Crippen molar-refractivity contribution in [1.82, 2.24) is 0 Å². The molecule has 0 aromatic rings. The van der Waals surface area contributed by atoms with Crippen molar-refractivity contribution in [1.29, 1.82) is 0 Å². The third-order valence-corrected chi connectivity index (χ3v) is 2.66. The topological polar surface area (TPSA) is 17.1 Å². The van der Waals surface area contributed by atoms with Gasteiger partial charge in [-0.15, -0.1) is 0 Å². The van der Waals surface area contributed by atoms with Crippen LogP contribution in [-0.4, -0.2) is 6.29 Å². The van der Waals surface area contributed by atoms with E-state index in [1.54, 1.807) is 29.6 Å². The van der Waals surface area contributed by atoms with Crippen molar-refractivity contribution in [2.24, 2.45) is 0 Å². The van der Waals surface area contributed by atoms with E-state index >= 15 is 0 Å². The second-order valence-electron chi connectivity index (χ2n) is 1.13. The number of hydrogen-bond acceptors (Lipinski definition) is 3. The van der Waals surface area contributed by atoms with Crippen LogP contribution in [0, 0.1) is 0 Å². The molecular formula is C5H4OS2. The van der Waals surface area contributed by atoms with Crippen LogP contribution in [0.3, 0.4) is 0 Å². The van der Waals surface area contributed by atoms with Gasteiger partial charge in [-0.05, 0) is 16.9 Å². The van der Waals surface area contributed by atoms with E-state index in [-0.39, 0.29) is 0 Å². The van der Waals surface area contributed by atoms with E-state index in [1.165, 1.54) is 0 Å². The first-order chi connectivity index (χ1) is 3.93. The zero-order chi connectivity index (χ0) is 5.82.